The highest BCUT2D eigenvalue weighted by molar-refractivity contribution is 7.80. The molecule has 2 nitrogen and oxygen atoms in total. The van der Waals surface area contributed by atoms with Gasteiger partial charge >= 0.3 is 0 Å². The molecule has 2 unspecified atom stereocenters. The lowest BCUT2D eigenvalue weighted by atomic mass is 10.2. The topological polar surface area (TPSA) is 12.5 Å². The molecular weight excluding hydrogens is 158 g/mol. The predicted octanol–water partition coefficient (Wildman–Crippen LogP) is 1.03. The van der Waals surface area contributed by atoms with Crippen LogP contribution >= 0.6 is 12.6 Å². The molecule has 0 aromatic heterocycles. The Hall–Kier alpha value is 0.270. The number of thiol groups is 1. The van der Waals surface area contributed by atoms with Crippen molar-refractivity contribution in [1.29, 1.82) is 0 Å². The lowest BCUT2D eigenvalue weighted by molar-refractivity contribution is -0.0467. The van der Waals surface area contributed by atoms with Gasteiger partial charge in [-0.15, -0.1) is 0 Å². The Morgan fingerprint density at radius 1 is 1.55 bits per heavy atom. The molecule has 1 fully saturated rings. The van der Waals surface area contributed by atoms with Crippen molar-refractivity contribution in [2.75, 3.05) is 25.4 Å². The van der Waals surface area contributed by atoms with E-state index in [9.17, 15) is 0 Å². The number of nitrogens with zero attached hydrogens (tertiary/aromatic N) is 1. The largest absolute Gasteiger partial charge is 0.376 e. The highest BCUT2D eigenvalue weighted by atomic mass is 32.1. The number of ether oxygens (including phenoxy) is 1. The fourth-order valence-electron chi connectivity index (χ4n) is 1.41. The Kier molecular flexibility index (Phi) is 3.69. The van der Waals surface area contributed by atoms with Crippen LogP contribution in [0.4, 0.5) is 0 Å². The van der Waals surface area contributed by atoms with Crippen LogP contribution in [0.3, 0.4) is 0 Å². The van der Waals surface area contributed by atoms with Gasteiger partial charge in [0.15, 0.2) is 0 Å². The summed E-state index contributed by atoms with van der Waals surface area (Å²) in [6, 6.07) is 0.568. The molecule has 1 saturated heterocycles. The first-order valence-corrected chi connectivity index (χ1v) is 4.83. The van der Waals surface area contributed by atoms with Gasteiger partial charge in [0.05, 0.1) is 12.7 Å². The predicted molar refractivity (Wildman–Crippen MR) is 50.3 cm³/mol. The molecule has 2 atom stereocenters. The van der Waals surface area contributed by atoms with E-state index in [4.69, 9.17) is 4.74 Å². The third-order valence-corrected chi connectivity index (χ3v) is 2.32. The maximum atomic E-state index is 5.50. The molecule has 0 aliphatic carbocycles. The van der Waals surface area contributed by atoms with Crippen molar-refractivity contribution >= 4 is 12.6 Å². The normalized spacial score (nSPS) is 34.1. The van der Waals surface area contributed by atoms with Gasteiger partial charge in [0.2, 0.25) is 0 Å². The SMILES string of the molecule is CC1CN(CCS)C(C)CO1. The third kappa shape index (κ3) is 2.65. The van der Waals surface area contributed by atoms with Gasteiger partial charge < -0.3 is 4.74 Å². The first-order valence-electron chi connectivity index (χ1n) is 4.20. The molecule has 0 aromatic rings. The summed E-state index contributed by atoms with van der Waals surface area (Å²) in [5.74, 6) is 0.942. The molecule has 0 bridgehead atoms. The van der Waals surface area contributed by atoms with Crippen LogP contribution < -0.4 is 0 Å². The third-order valence-electron chi connectivity index (χ3n) is 2.12. The van der Waals surface area contributed by atoms with Gasteiger partial charge in [-0.25, -0.2) is 0 Å². The fraction of sp³-hybridized carbons (Fsp3) is 1.00. The highest BCUT2D eigenvalue weighted by Gasteiger charge is 2.21. The second-order valence-electron chi connectivity index (χ2n) is 3.21. The molecule has 3 heteroatoms. The molecule has 0 N–H and O–H groups in total. The van der Waals surface area contributed by atoms with Crippen molar-refractivity contribution in [3.63, 3.8) is 0 Å². The van der Waals surface area contributed by atoms with Crippen molar-refractivity contribution in [2.24, 2.45) is 0 Å². The highest BCUT2D eigenvalue weighted by Crippen LogP contribution is 2.10. The second-order valence-corrected chi connectivity index (χ2v) is 3.66. The first kappa shape index (κ1) is 9.36. The van der Waals surface area contributed by atoms with Crippen LogP contribution in [0.2, 0.25) is 0 Å². The Bertz CT molecular complexity index is 121. The summed E-state index contributed by atoms with van der Waals surface area (Å²) in [6.07, 6.45) is 0.395. The number of hydrogen-bond donors (Lipinski definition) is 1. The summed E-state index contributed by atoms with van der Waals surface area (Å²) in [4.78, 5) is 2.43. The Morgan fingerprint density at radius 3 is 2.91 bits per heavy atom. The maximum Gasteiger partial charge on any atom is 0.0674 e. The van der Waals surface area contributed by atoms with Crippen LogP contribution in [0.5, 0.6) is 0 Å². The quantitative estimate of drug-likeness (QED) is 0.629. The summed E-state index contributed by atoms with van der Waals surface area (Å²) < 4.78 is 5.50. The second kappa shape index (κ2) is 4.33. The van der Waals surface area contributed by atoms with Crippen molar-refractivity contribution in [3.8, 4) is 0 Å². The van der Waals surface area contributed by atoms with E-state index in [0.717, 1.165) is 25.4 Å². The average Bonchev–Trinajstić information content (AvgIpc) is 1.98. The molecule has 1 heterocycles. The number of morpholine rings is 1. The van der Waals surface area contributed by atoms with Crippen molar-refractivity contribution < 1.29 is 4.74 Å². The molecule has 0 aromatic carbocycles. The Labute approximate surface area is 74.3 Å². The van der Waals surface area contributed by atoms with Crippen molar-refractivity contribution in [2.45, 2.75) is 26.0 Å². The van der Waals surface area contributed by atoms with E-state index in [-0.39, 0.29) is 0 Å². The van der Waals surface area contributed by atoms with E-state index < -0.39 is 0 Å². The van der Waals surface area contributed by atoms with Gasteiger partial charge in [0.1, 0.15) is 0 Å². The zero-order valence-electron chi connectivity index (χ0n) is 7.29. The molecule has 0 saturated carbocycles. The van der Waals surface area contributed by atoms with Crippen LogP contribution in [-0.2, 0) is 4.74 Å². The Balaban J connectivity index is 2.34. The van der Waals surface area contributed by atoms with Gasteiger partial charge in [0, 0.05) is 24.9 Å². The van der Waals surface area contributed by atoms with E-state index in [2.05, 4.69) is 31.4 Å². The lowest BCUT2D eigenvalue weighted by Gasteiger charge is -2.36. The van der Waals surface area contributed by atoms with Crippen LogP contribution in [0.25, 0.3) is 0 Å². The lowest BCUT2D eigenvalue weighted by Crippen LogP contribution is -2.47. The molecular formula is C8H17NOS. The molecule has 1 rings (SSSR count). The summed E-state index contributed by atoms with van der Waals surface area (Å²) in [6.45, 7) is 7.33. The minimum absolute atomic E-state index is 0.395. The fourth-order valence-corrected chi connectivity index (χ4v) is 1.67. The van der Waals surface area contributed by atoms with Crippen LogP contribution in [0.1, 0.15) is 13.8 Å². The van der Waals surface area contributed by atoms with Crippen molar-refractivity contribution in [1.82, 2.24) is 4.90 Å². The molecule has 66 valence electrons. The molecule has 11 heavy (non-hydrogen) atoms. The van der Waals surface area contributed by atoms with Gasteiger partial charge in [-0.2, -0.15) is 12.6 Å². The minimum Gasteiger partial charge on any atom is -0.376 e. The van der Waals surface area contributed by atoms with Crippen LogP contribution in [0, 0.1) is 0 Å². The van der Waals surface area contributed by atoms with Gasteiger partial charge in [-0.3, -0.25) is 4.90 Å². The van der Waals surface area contributed by atoms with E-state index in [0.29, 0.717) is 12.1 Å². The van der Waals surface area contributed by atoms with Gasteiger partial charge in [-0.1, -0.05) is 0 Å². The molecule has 1 aliphatic rings. The zero-order valence-corrected chi connectivity index (χ0v) is 8.18. The summed E-state index contributed by atoms with van der Waals surface area (Å²) in [5, 5.41) is 0. The minimum atomic E-state index is 0.395. The smallest absolute Gasteiger partial charge is 0.0674 e. The summed E-state index contributed by atoms with van der Waals surface area (Å²) in [7, 11) is 0. The standard InChI is InChI=1S/C8H17NOS/c1-7-6-10-8(2)5-9(7)3-4-11/h7-8,11H,3-6H2,1-2H3. The van der Waals surface area contributed by atoms with Gasteiger partial charge in [-0.05, 0) is 13.8 Å². The van der Waals surface area contributed by atoms with Crippen LogP contribution in [0.15, 0.2) is 0 Å². The first-order chi connectivity index (χ1) is 5.24. The molecule has 0 amide bonds. The summed E-state index contributed by atoms with van der Waals surface area (Å²) >= 11 is 4.22. The van der Waals surface area contributed by atoms with Crippen LogP contribution in [-0.4, -0.2) is 42.5 Å². The van der Waals surface area contributed by atoms with E-state index in [1.165, 1.54) is 0 Å². The van der Waals surface area contributed by atoms with Gasteiger partial charge in [0.25, 0.3) is 0 Å². The molecule has 0 spiro atoms. The zero-order chi connectivity index (χ0) is 8.27. The number of hydrogen-bond acceptors (Lipinski definition) is 3. The monoisotopic (exact) mass is 175 g/mol. The van der Waals surface area contributed by atoms with E-state index in [1.807, 2.05) is 0 Å². The number of rotatable bonds is 2. The van der Waals surface area contributed by atoms with E-state index in [1.54, 1.807) is 0 Å². The van der Waals surface area contributed by atoms with E-state index >= 15 is 0 Å². The Morgan fingerprint density at radius 2 is 2.27 bits per heavy atom. The average molecular weight is 175 g/mol. The molecule has 1 aliphatic heterocycles. The maximum absolute atomic E-state index is 5.50. The summed E-state index contributed by atoms with van der Waals surface area (Å²) in [5.41, 5.74) is 0. The molecule has 0 radical (unpaired) electrons. The van der Waals surface area contributed by atoms with Crippen molar-refractivity contribution in [3.05, 3.63) is 0 Å².